The summed E-state index contributed by atoms with van der Waals surface area (Å²) in [7, 11) is -3.53. The number of aromatic amines is 1. The molecule has 3 N–H and O–H groups in total. The number of sulfone groups is 1. The Morgan fingerprint density at radius 1 is 1.14 bits per heavy atom. The van der Waals surface area contributed by atoms with Gasteiger partial charge in [0, 0.05) is 42.7 Å². The molecule has 2 aromatic heterocycles. The van der Waals surface area contributed by atoms with Gasteiger partial charge in [0.25, 0.3) is 11.8 Å². The van der Waals surface area contributed by atoms with Gasteiger partial charge in [0.1, 0.15) is 11.9 Å². The number of H-pyrrole nitrogens is 1. The predicted octanol–water partition coefficient (Wildman–Crippen LogP) is 4.36. The van der Waals surface area contributed by atoms with Gasteiger partial charge in [-0.05, 0) is 52.9 Å². The lowest BCUT2D eigenvalue weighted by atomic mass is 10.0. The van der Waals surface area contributed by atoms with Crippen molar-refractivity contribution in [2.45, 2.75) is 30.6 Å². The molecule has 6 rings (SSSR count). The number of hydrogen-bond acceptors (Lipinski definition) is 5. The van der Waals surface area contributed by atoms with Crippen molar-refractivity contribution < 1.29 is 32.3 Å². The van der Waals surface area contributed by atoms with E-state index in [0.29, 0.717) is 22.2 Å². The van der Waals surface area contributed by atoms with Crippen molar-refractivity contribution in [3.8, 4) is 0 Å². The first-order valence-electron chi connectivity index (χ1n) is 13.1. The van der Waals surface area contributed by atoms with E-state index in [1.807, 2.05) is 12.1 Å². The highest BCUT2D eigenvalue weighted by Gasteiger charge is 2.31. The van der Waals surface area contributed by atoms with Crippen LogP contribution in [0.3, 0.4) is 0 Å². The van der Waals surface area contributed by atoms with Crippen LogP contribution in [0.25, 0.3) is 21.8 Å². The van der Waals surface area contributed by atoms with Crippen LogP contribution in [0, 0.1) is 5.82 Å². The van der Waals surface area contributed by atoms with Gasteiger partial charge in [-0.2, -0.15) is 0 Å². The molecule has 0 spiro atoms. The van der Waals surface area contributed by atoms with Crippen LogP contribution in [0.15, 0.2) is 71.9 Å². The lowest BCUT2D eigenvalue weighted by Gasteiger charge is -2.29. The highest BCUT2D eigenvalue weighted by molar-refractivity contribution is 7.90. The van der Waals surface area contributed by atoms with Crippen molar-refractivity contribution in [1.29, 1.82) is 0 Å². The van der Waals surface area contributed by atoms with Gasteiger partial charge in [0.05, 0.1) is 33.1 Å². The summed E-state index contributed by atoms with van der Waals surface area (Å²) in [5, 5.41) is 13.0. The Bertz CT molecular complexity index is 2090. The minimum atomic E-state index is -3.53. The number of aliphatic carboxylic acids is 1. The minimum absolute atomic E-state index is 0.0102. The maximum absolute atomic E-state index is 15.5. The molecule has 0 radical (unpaired) electrons. The van der Waals surface area contributed by atoms with E-state index < -0.39 is 33.6 Å². The number of carboxylic acids is 1. The number of hydrogen-bond donors (Lipinski definition) is 3. The summed E-state index contributed by atoms with van der Waals surface area (Å²) in [4.78, 5) is 43.5. The molecule has 1 atom stereocenters. The van der Waals surface area contributed by atoms with E-state index >= 15 is 4.39 Å². The molecule has 0 fully saturated rings. The van der Waals surface area contributed by atoms with Gasteiger partial charge in [-0.3, -0.25) is 9.59 Å². The number of aromatic nitrogens is 2. The molecule has 3 heterocycles. The lowest BCUT2D eigenvalue weighted by molar-refractivity contribution is -0.139. The molecule has 5 aromatic rings. The van der Waals surface area contributed by atoms with E-state index in [9.17, 15) is 27.9 Å². The number of amides is 2. The summed E-state index contributed by atoms with van der Waals surface area (Å²) in [5.41, 5.74) is 2.29. The molecule has 13 heteroatoms. The monoisotopic (exact) mass is 622 g/mol. The third kappa shape index (κ3) is 5.23. The van der Waals surface area contributed by atoms with Gasteiger partial charge in [0.15, 0.2) is 9.84 Å². The Balaban J connectivity index is 1.29. The molecule has 0 aliphatic carbocycles. The quantitative estimate of drug-likeness (QED) is 0.246. The first kappa shape index (κ1) is 28.4. The smallest absolute Gasteiger partial charge is 0.326 e. The van der Waals surface area contributed by atoms with Gasteiger partial charge in [0.2, 0.25) is 0 Å². The number of benzene rings is 3. The molecule has 3 aromatic carbocycles. The zero-order valence-electron chi connectivity index (χ0n) is 22.6. The third-order valence-corrected chi connectivity index (χ3v) is 8.90. The second kappa shape index (κ2) is 10.5. The zero-order valence-corrected chi connectivity index (χ0v) is 24.2. The Morgan fingerprint density at radius 2 is 1.93 bits per heavy atom. The Hall–Kier alpha value is -4.68. The third-order valence-electron chi connectivity index (χ3n) is 7.50. The van der Waals surface area contributed by atoms with Crippen molar-refractivity contribution >= 4 is 61.0 Å². The number of nitrogens with zero attached hydrogens (tertiary/aromatic N) is 2. The van der Waals surface area contributed by atoms with Crippen LogP contribution < -0.4 is 5.32 Å². The van der Waals surface area contributed by atoms with Gasteiger partial charge < -0.3 is 24.9 Å². The average Bonchev–Trinajstić information content (AvgIpc) is 3.56. The molecule has 220 valence electrons. The van der Waals surface area contributed by atoms with Crippen molar-refractivity contribution in [3.63, 3.8) is 0 Å². The van der Waals surface area contributed by atoms with E-state index in [1.54, 1.807) is 24.4 Å². The van der Waals surface area contributed by atoms with Gasteiger partial charge in [-0.15, -0.1) is 0 Å². The van der Waals surface area contributed by atoms with Crippen LogP contribution in [-0.2, 0) is 34.3 Å². The molecule has 1 aliphatic rings. The number of fused-ring (bicyclic) bond motifs is 1. The molecule has 1 aliphatic heterocycles. The SMILES string of the molecule is CS(=O)(=O)c1cccc(CC(NC(=O)c2c(Cl)cc3c4c2c(F)cn4CN(C(=O)c2ccc4cc[nH]c4c2)C3)C(=O)O)c1. The lowest BCUT2D eigenvalue weighted by Crippen LogP contribution is -2.42. The summed E-state index contributed by atoms with van der Waals surface area (Å²) in [6.07, 6.45) is 3.77. The summed E-state index contributed by atoms with van der Waals surface area (Å²) < 4.78 is 40.8. The van der Waals surface area contributed by atoms with Crippen molar-refractivity contribution in [2.24, 2.45) is 0 Å². The van der Waals surface area contributed by atoms with E-state index in [-0.39, 0.29) is 46.4 Å². The second-order valence-electron chi connectivity index (χ2n) is 10.5. The Kier molecular flexibility index (Phi) is 6.98. The molecule has 2 amide bonds. The summed E-state index contributed by atoms with van der Waals surface area (Å²) >= 11 is 6.52. The van der Waals surface area contributed by atoms with Crippen LogP contribution in [0.2, 0.25) is 5.02 Å². The van der Waals surface area contributed by atoms with Crippen LogP contribution in [0.5, 0.6) is 0 Å². The minimum Gasteiger partial charge on any atom is -0.480 e. The van der Waals surface area contributed by atoms with E-state index in [2.05, 4.69) is 10.3 Å². The molecular weight excluding hydrogens is 599 g/mol. The van der Waals surface area contributed by atoms with Crippen LogP contribution in [-0.4, -0.2) is 58.1 Å². The van der Waals surface area contributed by atoms with Crippen LogP contribution >= 0.6 is 11.6 Å². The standard InChI is InChI=1S/C30H24ClFN4O6S/c1-43(41,42)20-4-2-3-16(9-20)10-24(30(39)40)34-28(37)25-21(31)11-19-13-36(15-35-14-22(32)26(25)27(19)35)29(38)18-6-5-17-7-8-33-23(17)12-18/h2-9,11-12,14,24,33H,10,13,15H2,1H3,(H,34,37)(H,39,40). The fourth-order valence-corrected chi connectivity index (χ4v) is 6.48. The largest absolute Gasteiger partial charge is 0.480 e. The summed E-state index contributed by atoms with van der Waals surface area (Å²) in [5.74, 6) is -3.30. The maximum Gasteiger partial charge on any atom is 0.326 e. The van der Waals surface area contributed by atoms with E-state index in [1.165, 1.54) is 39.9 Å². The molecule has 0 saturated heterocycles. The summed E-state index contributed by atoms with van der Waals surface area (Å²) in [6.45, 7) is 0.129. The average molecular weight is 623 g/mol. The van der Waals surface area contributed by atoms with Crippen molar-refractivity contribution in [1.82, 2.24) is 19.8 Å². The molecule has 10 nitrogen and oxygen atoms in total. The predicted molar refractivity (Wildman–Crippen MR) is 157 cm³/mol. The van der Waals surface area contributed by atoms with Crippen LogP contribution in [0.1, 0.15) is 31.8 Å². The molecule has 0 bridgehead atoms. The number of carbonyl (C=O) groups is 3. The molecule has 43 heavy (non-hydrogen) atoms. The number of halogens is 2. The van der Waals surface area contributed by atoms with Crippen molar-refractivity contribution in [3.05, 3.63) is 100 Å². The van der Waals surface area contributed by atoms with Crippen molar-refractivity contribution in [2.75, 3.05) is 6.26 Å². The summed E-state index contributed by atoms with van der Waals surface area (Å²) in [6, 6.07) is 13.0. The first-order chi connectivity index (χ1) is 20.4. The molecule has 1 unspecified atom stereocenters. The number of carbonyl (C=O) groups excluding carboxylic acids is 2. The zero-order chi connectivity index (χ0) is 30.6. The highest BCUT2D eigenvalue weighted by atomic mass is 35.5. The Labute approximate surface area is 249 Å². The highest BCUT2D eigenvalue weighted by Crippen LogP contribution is 2.36. The van der Waals surface area contributed by atoms with E-state index in [4.69, 9.17) is 11.6 Å². The molecule has 0 saturated carbocycles. The van der Waals surface area contributed by atoms with Gasteiger partial charge in [-0.25, -0.2) is 17.6 Å². The fraction of sp³-hybridized carbons (Fsp3) is 0.167. The topological polar surface area (TPSA) is 142 Å². The normalized spacial score (nSPS) is 13.8. The van der Waals surface area contributed by atoms with Gasteiger partial charge >= 0.3 is 5.97 Å². The number of carboxylic acid groups (broad SMARTS) is 1. The van der Waals surface area contributed by atoms with E-state index in [0.717, 1.165) is 17.2 Å². The maximum atomic E-state index is 15.5. The van der Waals surface area contributed by atoms with Crippen LogP contribution in [0.4, 0.5) is 4.39 Å². The molecular formula is C30H24ClFN4O6S. The first-order valence-corrected chi connectivity index (χ1v) is 15.4. The van der Waals surface area contributed by atoms with Gasteiger partial charge in [-0.1, -0.05) is 29.8 Å². The number of nitrogens with one attached hydrogen (secondary N) is 2. The second-order valence-corrected chi connectivity index (χ2v) is 12.9. The fourth-order valence-electron chi connectivity index (χ4n) is 5.48. The Morgan fingerprint density at radius 3 is 2.67 bits per heavy atom. The number of rotatable bonds is 7.